The molecule has 1 atom stereocenters. The summed E-state index contributed by atoms with van der Waals surface area (Å²) < 4.78 is 11.0. The van der Waals surface area contributed by atoms with Crippen molar-refractivity contribution in [2.45, 2.75) is 12.5 Å². The Morgan fingerprint density at radius 2 is 1.84 bits per heavy atom. The van der Waals surface area contributed by atoms with E-state index in [-0.39, 0.29) is 5.78 Å². The predicted octanol–water partition coefficient (Wildman–Crippen LogP) is 3.19. The van der Waals surface area contributed by atoms with Gasteiger partial charge in [-0.2, -0.15) is 0 Å². The first-order chi connectivity index (χ1) is 9.15. The van der Waals surface area contributed by atoms with Gasteiger partial charge in [-0.25, -0.2) is 0 Å². The molecule has 0 aromatic heterocycles. The zero-order valence-electron chi connectivity index (χ0n) is 10.8. The summed E-state index contributed by atoms with van der Waals surface area (Å²) in [5.41, 5.74) is 0.483. The Hall–Kier alpha value is -2.29. The van der Waals surface area contributed by atoms with Crippen molar-refractivity contribution >= 4 is 5.78 Å². The van der Waals surface area contributed by atoms with E-state index < -0.39 is 5.60 Å². The molecular formula is C16H14O3. The fraction of sp³-hybridized carbons (Fsp3) is 0.188. The molecule has 0 saturated heterocycles. The van der Waals surface area contributed by atoms with Gasteiger partial charge in [-0.3, -0.25) is 4.79 Å². The van der Waals surface area contributed by atoms with Gasteiger partial charge >= 0.3 is 0 Å². The lowest BCUT2D eigenvalue weighted by Gasteiger charge is -2.22. The summed E-state index contributed by atoms with van der Waals surface area (Å²) in [7, 11) is 1.58. The Kier molecular flexibility index (Phi) is 2.56. The van der Waals surface area contributed by atoms with E-state index in [9.17, 15) is 4.79 Å². The van der Waals surface area contributed by atoms with Gasteiger partial charge in [0.05, 0.1) is 12.7 Å². The average molecular weight is 254 g/mol. The molecule has 0 bridgehead atoms. The van der Waals surface area contributed by atoms with Crippen LogP contribution in [0.2, 0.25) is 0 Å². The summed E-state index contributed by atoms with van der Waals surface area (Å²) in [6, 6.07) is 14.8. The Balaban J connectivity index is 2.08. The molecule has 3 nitrogen and oxygen atoms in total. The van der Waals surface area contributed by atoms with Crippen molar-refractivity contribution < 1.29 is 14.3 Å². The number of hydrogen-bond acceptors (Lipinski definition) is 3. The largest absolute Gasteiger partial charge is 0.497 e. The standard InChI is InChI=1S/C16H14O3/c1-16(11-6-4-3-5-7-11)15(17)13-10-12(18-2)8-9-14(13)19-16/h3-10H,1-2H3. The second-order valence-corrected chi connectivity index (χ2v) is 4.69. The molecule has 0 saturated carbocycles. The Morgan fingerprint density at radius 3 is 2.53 bits per heavy atom. The van der Waals surface area contributed by atoms with E-state index in [0.29, 0.717) is 17.1 Å². The van der Waals surface area contributed by atoms with Crippen molar-refractivity contribution in [1.82, 2.24) is 0 Å². The molecular weight excluding hydrogens is 240 g/mol. The van der Waals surface area contributed by atoms with Crippen LogP contribution in [0.1, 0.15) is 22.8 Å². The van der Waals surface area contributed by atoms with Crippen LogP contribution < -0.4 is 9.47 Å². The van der Waals surface area contributed by atoms with Crippen LogP contribution in [0.3, 0.4) is 0 Å². The van der Waals surface area contributed by atoms with Crippen molar-refractivity contribution in [3.8, 4) is 11.5 Å². The molecule has 0 spiro atoms. The number of ether oxygens (including phenoxy) is 2. The van der Waals surface area contributed by atoms with E-state index in [2.05, 4.69) is 0 Å². The van der Waals surface area contributed by atoms with Crippen LogP contribution in [0.4, 0.5) is 0 Å². The van der Waals surface area contributed by atoms with Crippen molar-refractivity contribution in [2.24, 2.45) is 0 Å². The molecule has 19 heavy (non-hydrogen) atoms. The molecule has 96 valence electrons. The zero-order valence-corrected chi connectivity index (χ0v) is 10.8. The van der Waals surface area contributed by atoms with Crippen molar-refractivity contribution in [3.63, 3.8) is 0 Å². The number of fused-ring (bicyclic) bond motifs is 1. The van der Waals surface area contributed by atoms with E-state index >= 15 is 0 Å². The molecule has 1 heterocycles. The Labute approximate surface area is 111 Å². The number of benzene rings is 2. The number of methoxy groups -OCH3 is 1. The van der Waals surface area contributed by atoms with Gasteiger partial charge in [0.2, 0.25) is 5.78 Å². The van der Waals surface area contributed by atoms with Crippen LogP contribution in [0.5, 0.6) is 11.5 Å². The van der Waals surface area contributed by atoms with Crippen LogP contribution >= 0.6 is 0 Å². The first-order valence-electron chi connectivity index (χ1n) is 6.12. The molecule has 1 aliphatic rings. The molecule has 2 aromatic carbocycles. The molecule has 0 radical (unpaired) electrons. The number of carbonyl (C=O) groups is 1. The van der Waals surface area contributed by atoms with Crippen LogP contribution in [-0.4, -0.2) is 12.9 Å². The maximum atomic E-state index is 12.6. The summed E-state index contributed by atoms with van der Waals surface area (Å²) in [5, 5.41) is 0. The summed E-state index contributed by atoms with van der Waals surface area (Å²) in [5.74, 6) is 1.23. The van der Waals surface area contributed by atoms with Crippen LogP contribution in [0.15, 0.2) is 48.5 Å². The van der Waals surface area contributed by atoms with E-state index in [4.69, 9.17) is 9.47 Å². The summed E-state index contributed by atoms with van der Waals surface area (Å²) in [4.78, 5) is 12.6. The highest BCUT2D eigenvalue weighted by Gasteiger charge is 2.45. The molecule has 0 amide bonds. The fourth-order valence-corrected chi connectivity index (χ4v) is 2.37. The van der Waals surface area contributed by atoms with Crippen molar-refractivity contribution in [2.75, 3.05) is 7.11 Å². The normalized spacial score (nSPS) is 20.8. The van der Waals surface area contributed by atoms with Crippen LogP contribution in [0.25, 0.3) is 0 Å². The quantitative estimate of drug-likeness (QED) is 0.825. The first-order valence-corrected chi connectivity index (χ1v) is 6.12. The van der Waals surface area contributed by atoms with Gasteiger partial charge in [-0.05, 0) is 25.1 Å². The number of Topliss-reactive ketones (excluding diaryl/α,β-unsaturated/α-hetero) is 1. The van der Waals surface area contributed by atoms with E-state index in [1.807, 2.05) is 30.3 Å². The summed E-state index contributed by atoms with van der Waals surface area (Å²) in [6.45, 7) is 1.80. The van der Waals surface area contributed by atoms with E-state index in [1.54, 1.807) is 32.2 Å². The third-order valence-corrected chi connectivity index (χ3v) is 3.50. The topological polar surface area (TPSA) is 35.5 Å². The Morgan fingerprint density at radius 1 is 1.11 bits per heavy atom. The lowest BCUT2D eigenvalue weighted by atomic mass is 9.90. The monoisotopic (exact) mass is 254 g/mol. The third kappa shape index (κ3) is 1.70. The van der Waals surface area contributed by atoms with Crippen molar-refractivity contribution in [1.29, 1.82) is 0 Å². The number of hydrogen-bond donors (Lipinski definition) is 0. The summed E-state index contributed by atoms with van der Waals surface area (Å²) >= 11 is 0. The molecule has 3 rings (SSSR count). The maximum Gasteiger partial charge on any atom is 0.214 e. The van der Waals surface area contributed by atoms with E-state index in [0.717, 1.165) is 5.56 Å². The molecule has 0 aliphatic carbocycles. The van der Waals surface area contributed by atoms with Gasteiger partial charge in [0.25, 0.3) is 0 Å². The minimum absolute atomic E-state index is 0.0346. The molecule has 1 unspecified atom stereocenters. The average Bonchev–Trinajstić information content (AvgIpc) is 2.72. The highest BCUT2D eigenvalue weighted by atomic mass is 16.5. The molecule has 0 fully saturated rings. The number of carbonyl (C=O) groups excluding carboxylic acids is 1. The molecule has 0 N–H and O–H groups in total. The SMILES string of the molecule is COc1ccc2c(c1)C(=O)C(C)(c1ccccc1)O2. The second kappa shape index (κ2) is 4.12. The highest BCUT2D eigenvalue weighted by Crippen LogP contribution is 2.42. The van der Waals surface area contributed by atoms with Gasteiger partial charge in [-0.15, -0.1) is 0 Å². The van der Waals surface area contributed by atoms with Gasteiger partial charge in [0.1, 0.15) is 11.5 Å². The maximum absolute atomic E-state index is 12.6. The number of ketones is 1. The van der Waals surface area contributed by atoms with Crippen LogP contribution in [-0.2, 0) is 5.60 Å². The van der Waals surface area contributed by atoms with Crippen LogP contribution in [0, 0.1) is 0 Å². The zero-order chi connectivity index (χ0) is 13.5. The second-order valence-electron chi connectivity index (χ2n) is 4.69. The Bertz CT molecular complexity index is 634. The summed E-state index contributed by atoms with van der Waals surface area (Å²) in [6.07, 6.45) is 0. The first kappa shape index (κ1) is 11.8. The van der Waals surface area contributed by atoms with Gasteiger partial charge < -0.3 is 9.47 Å². The molecule has 2 aromatic rings. The third-order valence-electron chi connectivity index (χ3n) is 3.50. The fourth-order valence-electron chi connectivity index (χ4n) is 2.37. The van der Waals surface area contributed by atoms with Gasteiger partial charge in [0, 0.05) is 5.56 Å². The lowest BCUT2D eigenvalue weighted by molar-refractivity contribution is 0.0619. The molecule has 1 aliphatic heterocycles. The lowest BCUT2D eigenvalue weighted by Crippen LogP contribution is -2.33. The highest BCUT2D eigenvalue weighted by molar-refractivity contribution is 6.07. The smallest absolute Gasteiger partial charge is 0.214 e. The van der Waals surface area contributed by atoms with E-state index in [1.165, 1.54) is 0 Å². The van der Waals surface area contributed by atoms with Crippen molar-refractivity contribution in [3.05, 3.63) is 59.7 Å². The molecule has 3 heteroatoms. The minimum Gasteiger partial charge on any atom is -0.497 e. The number of rotatable bonds is 2. The predicted molar refractivity (Wildman–Crippen MR) is 71.7 cm³/mol. The van der Waals surface area contributed by atoms with Gasteiger partial charge in [0.15, 0.2) is 5.60 Å². The minimum atomic E-state index is -0.948. The van der Waals surface area contributed by atoms with Gasteiger partial charge in [-0.1, -0.05) is 30.3 Å².